The molecular weight excluding hydrogens is 542 g/mol. The van der Waals surface area contributed by atoms with Gasteiger partial charge in [-0.05, 0) is 55.2 Å². The number of allylic oxidation sites excluding steroid dienone is 1. The zero-order chi connectivity index (χ0) is 27.6. The van der Waals surface area contributed by atoms with Gasteiger partial charge in [-0.25, -0.2) is 4.39 Å². The van der Waals surface area contributed by atoms with Crippen LogP contribution in [0.2, 0.25) is 0 Å². The molecule has 10 nitrogen and oxygen atoms in total. The maximum absolute atomic E-state index is 14.3. The van der Waals surface area contributed by atoms with Crippen LogP contribution in [-0.4, -0.2) is 50.8 Å². The lowest BCUT2D eigenvalue weighted by Gasteiger charge is -2.22. The van der Waals surface area contributed by atoms with Crippen molar-refractivity contribution in [3.63, 3.8) is 0 Å². The van der Waals surface area contributed by atoms with E-state index in [0.717, 1.165) is 71.8 Å². The summed E-state index contributed by atoms with van der Waals surface area (Å²) in [7, 11) is 1.13. The second kappa shape index (κ2) is 10.9. The Morgan fingerprint density at radius 2 is 1.97 bits per heavy atom. The molecule has 0 radical (unpaired) electrons. The summed E-state index contributed by atoms with van der Waals surface area (Å²) in [4.78, 5) is 15.8. The molecule has 1 aromatic carbocycles. The topological polar surface area (TPSA) is 127 Å². The summed E-state index contributed by atoms with van der Waals surface area (Å²) >= 11 is 1.06. The third kappa shape index (κ3) is 6.31. The molecule has 3 N–H and O–H groups in total. The first-order valence-corrected chi connectivity index (χ1v) is 12.5. The fourth-order valence-corrected chi connectivity index (χ4v) is 4.91. The summed E-state index contributed by atoms with van der Waals surface area (Å²) in [5, 5.41) is 23.7. The number of nitrogens with zero attached hydrogens (tertiary/aromatic N) is 4. The first-order valence-electron chi connectivity index (χ1n) is 11.7. The molecule has 3 heterocycles. The third-order valence-corrected chi connectivity index (χ3v) is 6.76. The van der Waals surface area contributed by atoms with Crippen LogP contribution in [0.1, 0.15) is 36.6 Å². The van der Waals surface area contributed by atoms with Crippen molar-refractivity contribution in [3.05, 3.63) is 59.7 Å². The van der Waals surface area contributed by atoms with E-state index in [1.165, 1.54) is 0 Å². The van der Waals surface area contributed by atoms with Crippen LogP contribution in [0.25, 0.3) is 16.6 Å². The number of aromatic nitrogens is 5. The highest BCUT2D eigenvalue weighted by atomic mass is 32.1. The number of hydrogen-bond acceptors (Lipinski definition) is 9. The molecule has 0 spiro atoms. The van der Waals surface area contributed by atoms with Crippen LogP contribution in [0, 0.1) is 5.82 Å². The summed E-state index contributed by atoms with van der Waals surface area (Å²) in [6.07, 6.45) is -0.319. The number of amides is 1. The zero-order valence-electron chi connectivity index (χ0n) is 20.3. The maximum atomic E-state index is 14.3. The third-order valence-electron chi connectivity index (χ3n) is 5.99. The lowest BCUT2D eigenvalue weighted by atomic mass is 9.93. The molecule has 15 heteroatoms. The Labute approximate surface area is 222 Å². The van der Waals surface area contributed by atoms with Gasteiger partial charge in [0.15, 0.2) is 11.8 Å². The Kier molecular flexibility index (Phi) is 7.43. The number of ether oxygens (including phenoxy) is 2. The van der Waals surface area contributed by atoms with Crippen LogP contribution in [0.3, 0.4) is 0 Å². The van der Waals surface area contributed by atoms with Crippen molar-refractivity contribution in [2.24, 2.45) is 0 Å². The largest absolute Gasteiger partial charge is 0.573 e. The molecule has 0 bridgehead atoms. The van der Waals surface area contributed by atoms with Gasteiger partial charge in [0.05, 0.1) is 5.69 Å². The summed E-state index contributed by atoms with van der Waals surface area (Å²) in [6, 6.07) is 6.34. The molecule has 39 heavy (non-hydrogen) atoms. The number of benzene rings is 1. The smallest absolute Gasteiger partial charge is 0.406 e. The van der Waals surface area contributed by atoms with Gasteiger partial charge < -0.3 is 19.8 Å². The molecule has 1 aliphatic rings. The minimum atomic E-state index is -4.98. The average Bonchev–Trinajstić information content (AvgIpc) is 3.54. The van der Waals surface area contributed by atoms with E-state index < -0.39 is 35.5 Å². The van der Waals surface area contributed by atoms with Gasteiger partial charge in [-0.3, -0.25) is 10.1 Å². The first-order chi connectivity index (χ1) is 18.7. The number of nitrogens with one attached hydrogen (secondary N) is 3. The minimum absolute atomic E-state index is 0.0754. The maximum Gasteiger partial charge on any atom is 0.573 e. The summed E-state index contributed by atoms with van der Waals surface area (Å²) < 4.78 is 60.9. The van der Waals surface area contributed by atoms with Crippen molar-refractivity contribution in [1.29, 1.82) is 0 Å². The van der Waals surface area contributed by atoms with E-state index in [4.69, 9.17) is 4.74 Å². The molecule has 1 aliphatic carbocycles. The van der Waals surface area contributed by atoms with E-state index in [9.17, 15) is 22.4 Å². The van der Waals surface area contributed by atoms with Crippen LogP contribution in [0.15, 0.2) is 42.6 Å². The molecule has 0 unspecified atom stereocenters. The fraction of sp³-hybridized carbons (Fsp3) is 0.292. The number of alkyl halides is 3. The van der Waals surface area contributed by atoms with Gasteiger partial charge in [0.25, 0.3) is 5.91 Å². The molecule has 0 saturated carbocycles. The number of halogens is 4. The van der Waals surface area contributed by atoms with Gasteiger partial charge in [-0.1, -0.05) is 17.4 Å². The number of hydrogen-bond donors (Lipinski definition) is 3. The summed E-state index contributed by atoms with van der Waals surface area (Å²) in [5.41, 5.74) is 2.25. The number of anilines is 2. The van der Waals surface area contributed by atoms with E-state index >= 15 is 0 Å². The van der Waals surface area contributed by atoms with E-state index in [2.05, 4.69) is 46.8 Å². The molecule has 2 atom stereocenters. The van der Waals surface area contributed by atoms with Crippen molar-refractivity contribution in [1.82, 2.24) is 25.4 Å². The monoisotopic (exact) mass is 563 g/mol. The number of carbonyl (C=O) groups excluding carboxylic acids is 1. The molecule has 4 aromatic rings. The van der Waals surface area contributed by atoms with Crippen molar-refractivity contribution < 1.29 is 31.8 Å². The highest BCUT2D eigenvalue weighted by Crippen LogP contribution is 2.32. The second-order valence-corrected chi connectivity index (χ2v) is 9.58. The van der Waals surface area contributed by atoms with Crippen LogP contribution in [0.4, 0.5) is 27.8 Å². The number of rotatable bonds is 8. The quantitative estimate of drug-likeness (QED) is 0.249. The van der Waals surface area contributed by atoms with Crippen LogP contribution in [0.5, 0.6) is 5.75 Å². The number of H-pyrrole nitrogens is 1. The fourth-order valence-electron chi connectivity index (χ4n) is 4.18. The van der Waals surface area contributed by atoms with Crippen LogP contribution < -0.4 is 15.4 Å². The SMILES string of the molecule is CO[C@@H](C(=O)Nc1nnc(N[C@H]2CC=C(c3cc4cc[nH]c4nn3)CC2)s1)c1cc(OC(F)(F)F)ccc1F. The van der Waals surface area contributed by atoms with Gasteiger partial charge in [-0.2, -0.15) is 0 Å². The number of aromatic amines is 1. The Morgan fingerprint density at radius 3 is 2.72 bits per heavy atom. The van der Waals surface area contributed by atoms with Gasteiger partial charge in [0.2, 0.25) is 10.3 Å². The van der Waals surface area contributed by atoms with E-state index in [0.29, 0.717) is 11.6 Å². The molecule has 204 valence electrons. The Morgan fingerprint density at radius 1 is 1.15 bits per heavy atom. The second-order valence-electron chi connectivity index (χ2n) is 8.60. The Balaban J connectivity index is 1.20. The number of methoxy groups -OCH3 is 1. The molecule has 0 aliphatic heterocycles. The molecule has 3 aromatic heterocycles. The van der Waals surface area contributed by atoms with Gasteiger partial charge in [0.1, 0.15) is 11.6 Å². The molecular formula is C24H21F4N7O3S. The predicted octanol–water partition coefficient (Wildman–Crippen LogP) is 5.22. The molecule has 0 fully saturated rings. The highest BCUT2D eigenvalue weighted by Gasteiger charge is 2.32. The van der Waals surface area contributed by atoms with Crippen molar-refractivity contribution in [2.45, 2.75) is 37.8 Å². The number of fused-ring (bicyclic) bond motifs is 1. The van der Waals surface area contributed by atoms with E-state index in [1.807, 2.05) is 18.3 Å². The zero-order valence-corrected chi connectivity index (χ0v) is 21.1. The minimum Gasteiger partial charge on any atom is -0.406 e. The van der Waals surface area contributed by atoms with Gasteiger partial charge >= 0.3 is 6.36 Å². The Hall–Kier alpha value is -4.11. The normalized spacial score (nSPS) is 16.5. The van der Waals surface area contributed by atoms with Crippen LogP contribution >= 0.6 is 11.3 Å². The lowest BCUT2D eigenvalue weighted by molar-refractivity contribution is -0.274. The molecule has 5 rings (SSSR count). The van der Waals surface area contributed by atoms with Gasteiger partial charge in [-0.15, -0.1) is 33.6 Å². The Bertz CT molecular complexity index is 1520. The van der Waals surface area contributed by atoms with E-state index in [1.54, 1.807) is 0 Å². The standard InChI is InChI=1S/C24H21F4N7O3S/c1-37-19(16-11-15(6-7-17(16)25)38-24(26,27)28)21(36)31-23-35-34-22(39-23)30-14-4-2-12(3-5-14)18-10-13-8-9-29-20(13)33-32-18/h2,6-11,14,19H,3-5H2,1H3,(H,29,33)(H,30,34)(H,31,35,36)/t14-,19+/m0/s1. The molecule has 0 saturated heterocycles. The first kappa shape index (κ1) is 26.5. The van der Waals surface area contributed by atoms with Crippen molar-refractivity contribution in [2.75, 3.05) is 17.7 Å². The molecule has 1 amide bonds. The highest BCUT2D eigenvalue weighted by molar-refractivity contribution is 7.19. The van der Waals surface area contributed by atoms with Crippen molar-refractivity contribution in [3.8, 4) is 5.75 Å². The van der Waals surface area contributed by atoms with Crippen molar-refractivity contribution >= 4 is 44.1 Å². The summed E-state index contributed by atoms with van der Waals surface area (Å²) in [6.45, 7) is 0. The number of carbonyl (C=O) groups is 1. The lowest BCUT2D eigenvalue weighted by Crippen LogP contribution is -2.24. The summed E-state index contributed by atoms with van der Waals surface area (Å²) in [5.74, 6) is -2.46. The van der Waals surface area contributed by atoms with E-state index in [-0.39, 0.29) is 11.2 Å². The van der Waals surface area contributed by atoms with Gasteiger partial charge in [0, 0.05) is 30.3 Å². The average molecular weight is 564 g/mol. The van der Waals surface area contributed by atoms with Crippen LogP contribution in [-0.2, 0) is 9.53 Å². The predicted molar refractivity (Wildman–Crippen MR) is 134 cm³/mol.